The number of aromatic nitrogens is 2. The van der Waals surface area contributed by atoms with E-state index in [1.165, 1.54) is 58.7 Å². The van der Waals surface area contributed by atoms with E-state index < -0.39 is 22.2 Å². The zero-order chi connectivity index (χ0) is 25.4. The van der Waals surface area contributed by atoms with Crippen LogP contribution in [-0.2, 0) is 14.3 Å². The molecule has 0 bridgehead atoms. The number of nitro groups is 2. The summed E-state index contributed by atoms with van der Waals surface area (Å²) >= 11 is 4.95. The van der Waals surface area contributed by atoms with Gasteiger partial charge in [-0.2, -0.15) is 0 Å². The predicted octanol–water partition coefficient (Wildman–Crippen LogP) is 5.27. The Labute approximate surface area is 217 Å². The fourth-order valence-corrected chi connectivity index (χ4v) is 7.78. The number of carbonyl (C=O) groups is 1. The number of ether oxygens (including phenoxy) is 2. The molecule has 0 saturated heterocycles. The molecule has 0 amide bonds. The van der Waals surface area contributed by atoms with Gasteiger partial charge in [-0.05, 0) is 12.1 Å². The van der Waals surface area contributed by atoms with Crippen LogP contribution in [0.5, 0.6) is 0 Å². The zero-order valence-electron chi connectivity index (χ0n) is 17.6. The predicted molar refractivity (Wildman–Crippen MR) is 135 cm³/mol. The average Bonchev–Trinajstić information content (AvgIpc) is 3.53. The van der Waals surface area contributed by atoms with Crippen LogP contribution in [0.25, 0.3) is 20.4 Å². The lowest BCUT2D eigenvalue weighted by Crippen LogP contribution is -2.19. The highest BCUT2D eigenvalue weighted by molar-refractivity contribution is 8.05. The summed E-state index contributed by atoms with van der Waals surface area (Å²) in [5.74, 6) is 0.0338. The Balaban J connectivity index is 1.36. The molecule has 36 heavy (non-hydrogen) atoms. The Morgan fingerprint density at radius 3 is 2.19 bits per heavy atom. The molecule has 2 atom stereocenters. The summed E-state index contributed by atoms with van der Waals surface area (Å²) in [5.41, 5.74) is 1.12. The lowest BCUT2D eigenvalue weighted by Gasteiger charge is -2.13. The number of fused-ring (bicyclic) bond motifs is 2. The summed E-state index contributed by atoms with van der Waals surface area (Å²) in [5, 5.41) is 32.7. The van der Waals surface area contributed by atoms with Crippen LogP contribution in [-0.4, -0.2) is 49.5 Å². The molecule has 0 aliphatic carbocycles. The van der Waals surface area contributed by atoms with E-state index in [2.05, 4.69) is 9.97 Å². The number of rotatable bonds is 9. The van der Waals surface area contributed by atoms with Crippen molar-refractivity contribution in [3.8, 4) is 0 Å². The van der Waals surface area contributed by atoms with Crippen molar-refractivity contribution in [1.82, 2.24) is 9.97 Å². The second-order valence-electron chi connectivity index (χ2n) is 7.13. The number of aliphatic hydroxyl groups excluding tert-OH is 1. The van der Waals surface area contributed by atoms with E-state index >= 15 is 0 Å². The molecule has 5 rings (SSSR count). The van der Waals surface area contributed by atoms with Crippen molar-refractivity contribution >= 4 is 84.5 Å². The third-order valence-corrected chi connectivity index (χ3v) is 9.41. The van der Waals surface area contributed by atoms with Crippen LogP contribution >= 0.6 is 46.2 Å². The van der Waals surface area contributed by atoms with Gasteiger partial charge in [-0.1, -0.05) is 23.5 Å². The van der Waals surface area contributed by atoms with Gasteiger partial charge in [0.2, 0.25) is 0 Å². The van der Waals surface area contributed by atoms with Gasteiger partial charge in [-0.3, -0.25) is 25.0 Å². The fraction of sp³-hybridized carbons (Fsp3) is 0.150. The number of hydrogen-bond donors (Lipinski definition) is 1. The van der Waals surface area contributed by atoms with E-state index in [4.69, 9.17) is 9.47 Å². The molecular weight excluding hydrogens is 553 g/mol. The molecule has 2 aromatic carbocycles. The van der Waals surface area contributed by atoms with Crippen LogP contribution in [0, 0.1) is 20.2 Å². The maximum absolute atomic E-state index is 11.1. The number of aliphatic hydroxyl groups is 1. The van der Waals surface area contributed by atoms with E-state index in [1.807, 2.05) is 0 Å². The van der Waals surface area contributed by atoms with E-state index in [0.717, 1.165) is 11.8 Å². The van der Waals surface area contributed by atoms with Crippen LogP contribution in [0.2, 0.25) is 0 Å². The molecule has 0 saturated carbocycles. The molecule has 1 N–H and O–H groups in total. The van der Waals surface area contributed by atoms with Gasteiger partial charge in [0.25, 0.3) is 24.1 Å². The summed E-state index contributed by atoms with van der Waals surface area (Å²) in [7, 11) is 0. The van der Waals surface area contributed by atoms with Gasteiger partial charge in [-0.15, -0.1) is 22.7 Å². The van der Waals surface area contributed by atoms with Crippen molar-refractivity contribution < 1.29 is 29.2 Å². The summed E-state index contributed by atoms with van der Waals surface area (Å²) in [6, 6.07) is 8.78. The normalized spacial score (nSPS) is 17.7. The summed E-state index contributed by atoms with van der Waals surface area (Å²) in [6.45, 7) is 0.177. The summed E-state index contributed by atoms with van der Waals surface area (Å²) in [6.07, 6.45) is -1.95. The highest BCUT2D eigenvalue weighted by atomic mass is 32.2. The van der Waals surface area contributed by atoms with Crippen LogP contribution in [0.3, 0.4) is 0 Å². The minimum atomic E-state index is -1.27. The molecule has 2 aromatic heterocycles. The first-order chi connectivity index (χ1) is 17.3. The molecule has 0 radical (unpaired) electrons. The van der Waals surface area contributed by atoms with Crippen LogP contribution < -0.4 is 0 Å². The van der Waals surface area contributed by atoms with Gasteiger partial charge in [-0.25, -0.2) is 9.97 Å². The van der Waals surface area contributed by atoms with Crippen molar-refractivity contribution in [2.75, 3.05) is 5.75 Å². The standard InChI is InChI=1S/C20H12N4O8S4/c25-8-31-18-16(26)17(36-20-22-12-4-2-10(24(29)30)6-15(12)35-20)13(32-18)7-33-19-21-11-3-1-9(23(27)28)5-14(11)34-19/h1-6,8,13,18,26H,7H2. The molecule has 184 valence electrons. The molecule has 16 heteroatoms. The van der Waals surface area contributed by atoms with Crippen molar-refractivity contribution in [3.63, 3.8) is 0 Å². The first kappa shape index (κ1) is 24.4. The monoisotopic (exact) mass is 564 g/mol. The molecule has 1 aliphatic heterocycles. The Kier molecular flexibility index (Phi) is 6.76. The lowest BCUT2D eigenvalue weighted by molar-refractivity contribution is -0.384. The van der Waals surface area contributed by atoms with E-state index in [9.17, 15) is 30.1 Å². The third-order valence-electron chi connectivity index (χ3n) is 4.92. The minimum Gasteiger partial charge on any atom is -0.505 e. The van der Waals surface area contributed by atoms with Crippen LogP contribution in [0.1, 0.15) is 0 Å². The van der Waals surface area contributed by atoms with Crippen LogP contribution in [0.15, 0.2) is 55.7 Å². The number of non-ortho nitro benzene ring substituents is 2. The maximum atomic E-state index is 11.1. The first-order valence-corrected chi connectivity index (χ1v) is 13.3. The quantitative estimate of drug-likeness (QED) is 0.121. The molecule has 0 fully saturated rings. The number of thioether (sulfide) groups is 2. The largest absolute Gasteiger partial charge is 0.505 e. The van der Waals surface area contributed by atoms with E-state index in [-0.39, 0.29) is 23.6 Å². The topological polar surface area (TPSA) is 168 Å². The fourth-order valence-electron chi connectivity index (χ4n) is 3.29. The van der Waals surface area contributed by atoms with Crippen molar-refractivity contribution in [3.05, 3.63) is 67.3 Å². The van der Waals surface area contributed by atoms with E-state index in [1.54, 1.807) is 12.1 Å². The summed E-state index contributed by atoms with van der Waals surface area (Å²) < 4.78 is 13.0. The molecule has 4 aromatic rings. The van der Waals surface area contributed by atoms with Gasteiger partial charge in [0, 0.05) is 30.0 Å². The third kappa shape index (κ3) is 4.85. The number of hydrogen-bond acceptors (Lipinski definition) is 14. The minimum absolute atomic E-state index is 0.0246. The molecular formula is C20H12N4O8S4. The molecule has 1 aliphatic rings. The number of thiazole rings is 2. The average molecular weight is 565 g/mol. The number of carbonyl (C=O) groups excluding carboxylic acids is 1. The SMILES string of the molecule is O=COC1OC(CSc2nc3ccc([N+](=O)[O-])cc3s2)C(Sc2nc3ccc([N+](=O)[O-])cc3s2)=C1O. The Morgan fingerprint density at radius 1 is 1.03 bits per heavy atom. The Bertz CT molecular complexity index is 1550. The Morgan fingerprint density at radius 2 is 1.61 bits per heavy atom. The maximum Gasteiger partial charge on any atom is 0.295 e. The number of benzene rings is 2. The first-order valence-electron chi connectivity index (χ1n) is 9.90. The van der Waals surface area contributed by atoms with Gasteiger partial charge >= 0.3 is 0 Å². The number of nitro benzene ring substituents is 2. The van der Waals surface area contributed by atoms with E-state index in [0.29, 0.717) is 39.8 Å². The molecule has 12 nitrogen and oxygen atoms in total. The highest BCUT2D eigenvalue weighted by Gasteiger charge is 2.37. The Hall–Kier alpha value is -3.31. The number of nitrogens with zero attached hydrogens (tertiary/aromatic N) is 4. The van der Waals surface area contributed by atoms with Crippen molar-refractivity contribution in [2.45, 2.75) is 21.1 Å². The lowest BCUT2D eigenvalue weighted by atomic mass is 10.3. The second kappa shape index (κ2) is 9.98. The van der Waals surface area contributed by atoms with Gasteiger partial charge in [0.15, 0.2) is 14.4 Å². The van der Waals surface area contributed by atoms with Crippen molar-refractivity contribution in [1.29, 1.82) is 0 Å². The van der Waals surface area contributed by atoms with Crippen molar-refractivity contribution in [2.24, 2.45) is 0 Å². The zero-order valence-corrected chi connectivity index (χ0v) is 20.9. The van der Waals surface area contributed by atoms with Gasteiger partial charge in [0.05, 0.1) is 35.2 Å². The summed E-state index contributed by atoms with van der Waals surface area (Å²) in [4.78, 5) is 41.3. The smallest absolute Gasteiger partial charge is 0.295 e. The van der Waals surface area contributed by atoms with Crippen LogP contribution in [0.4, 0.5) is 11.4 Å². The van der Waals surface area contributed by atoms with Gasteiger partial charge < -0.3 is 14.6 Å². The van der Waals surface area contributed by atoms with Gasteiger partial charge in [0.1, 0.15) is 6.10 Å². The molecule has 3 heterocycles. The molecule has 0 spiro atoms. The second-order valence-corrected chi connectivity index (χ2v) is 11.7. The highest BCUT2D eigenvalue weighted by Crippen LogP contribution is 2.43. The molecule has 2 unspecified atom stereocenters.